The van der Waals surface area contributed by atoms with Crippen molar-refractivity contribution < 1.29 is 32.9 Å². The Balaban J connectivity index is 2.50. The van der Waals surface area contributed by atoms with E-state index in [1.165, 1.54) is 31.2 Å². The zero-order valence-corrected chi connectivity index (χ0v) is 20.3. The van der Waals surface area contributed by atoms with Gasteiger partial charge < -0.3 is 19.9 Å². The molecule has 0 heterocycles. The summed E-state index contributed by atoms with van der Waals surface area (Å²) in [4.78, 5) is 32.8. The number of amides is 2. The maximum absolute atomic E-state index is 13.1. The molecular weight excluding hydrogens is 455 g/mol. The lowest BCUT2D eigenvalue weighted by molar-refractivity contribution is -0.384. The van der Waals surface area contributed by atoms with Gasteiger partial charge in [-0.1, -0.05) is 0 Å². The van der Waals surface area contributed by atoms with Crippen LogP contribution in [0.3, 0.4) is 0 Å². The van der Waals surface area contributed by atoms with E-state index in [0.717, 1.165) is 0 Å². The summed E-state index contributed by atoms with van der Waals surface area (Å²) in [5.41, 5.74) is -0.688. The Labute approximate surface area is 193 Å². The Morgan fingerprint density at radius 2 is 1.70 bits per heavy atom. The van der Waals surface area contributed by atoms with Crippen LogP contribution in [0.5, 0.6) is 5.75 Å². The number of ether oxygens (including phenoxy) is 1. The van der Waals surface area contributed by atoms with Gasteiger partial charge in [0.2, 0.25) is 5.91 Å². The van der Waals surface area contributed by atoms with Gasteiger partial charge in [0.1, 0.15) is 11.4 Å². The largest absolute Gasteiger partial charge is 0.458 e. The summed E-state index contributed by atoms with van der Waals surface area (Å²) in [6, 6.07) is 5.11. The molecule has 1 aromatic carbocycles. The molecule has 2 amide bonds. The van der Waals surface area contributed by atoms with Gasteiger partial charge in [-0.3, -0.25) is 19.4 Å². The Kier molecular flexibility index (Phi) is 11.8. The Morgan fingerprint density at radius 1 is 1.03 bits per heavy atom. The molecule has 0 radical (unpaired) electrons. The van der Waals surface area contributed by atoms with Crippen LogP contribution >= 0.6 is 7.75 Å². The minimum Gasteiger partial charge on any atom is -0.444 e. The number of hydrogen-bond acceptors (Lipinski definition) is 8. The van der Waals surface area contributed by atoms with Crippen LogP contribution < -0.4 is 20.2 Å². The van der Waals surface area contributed by atoms with E-state index in [9.17, 15) is 24.3 Å². The van der Waals surface area contributed by atoms with Crippen LogP contribution in [0.25, 0.3) is 0 Å². The number of hydrogen-bond donors (Lipinski definition) is 3. The number of nitro benzene ring substituents is 1. The molecule has 0 spiro atoms. The highest BCUT2D eigenvalue weighted by Crippen LogP contribution is 2.44. The van der Waals surface area contributed by atoms with Crippen LogP contribution in [-0.4, -0.2) is 48.8 Å². The minimum absolute atomic E-state index is 0.115. The monoisotopic (exact) mass is 488 g/mol. The molecule has 0 fully saturated rings. The number of alkyl carbamates (subject to hydrolysis) is 1. The van der Waals surface area contributed by atoms with Crippen LogP contribution in [0.4, 0.5) is 10.5 Å². The number of nitro groups is 1. The summed E-state index contributed by atoms with van der Waals surface area (Å²) in [6.45, 7) is 7.60. The minimum atomic E-state index is -3.80. The summed E-state index contributed by atoms with van der Waals surface area (Å²) in [5, 5.41) is 18.7. The normalized spacial score (nSPS) is 13.0. The molecule has 0 aliphatic heterocycles. The Hall–Kier alpha value is -2.69. The molecule has 0 aliphatic carbocycles. The second-order valence-corrected chi connectivity index (χ2v) is 9.81. The molecule has 0 aromatic heterocycles. The zero-order valence-electron chi connectivity index (χ0n) is 19.4. The molecule has 1 atom stereocenters. The number of nitrogens with one attached hydrogen (secondary N) is 3. The summed E-state index contributed by atoms with van der Waals surface area (Å²) in [5.74, 6) is -0.0960. The second-order valence-electron chi connectivity index (χ2n) is 8.05. The number of non-ortho nitro benzene ring substituents is 1. The van der Waals surface area contributed by atoms with Crippen LogP contribution in [-0.2, 0) is 18.6 Å². The van der Waals surface area contributed by atoms with E-state index >= 15 is 0 Å². The van der Waals surface area contributed by atoms with Gasteiger partial charge in [0.15, 0.2) is 0 Å². The molecule has 1 rings (SSSR count). The molecule has 0 bridgehead atoms. The number of carbonyl (C=O) groups excluding carboxylic acids is 2. The fraction of sp³-hybridized carbons (Fsp3) is 0.600. The highest BCUT2D eigenvalue weighted by Gasteiger charge is 2.26. The number of benzene rings is 1. The molecule has 1 aromatic rings. The zero-order chi connectivity index (χ0) is 24.9. The second kappa shape index (κ2) is 13.8. The van der Waals surface area contributed by atoms with Gasteiger partial charge in [0.05, 0.1) is 11.5 Å². The molecule has 1 unspecified atom stereocenters. The van der Waals surface area contributed by atoms with Crippen LogP contribution in [0, 0.1) is 10.1 Å². The first-order chi connectivity index (χ1) is 15.4. The van der Waals surface area contributed by atoms with Crippen molar-refractivity contribution in [3.05, 3.63) is 34.4 Å². The summed E-state index contributed by atoms with van der Waals surface area (Å²) < 4.78 is 29.2. The molecule has 0 saturated heterocycles. The van der Waals surface area contributed by atoms with Gasteiger partial charge in [-0.05, 0) is 52.2 Å². The SMILES string of the molecule is CC(=O)NCCNP(=O)(OCCCCCNC(=O)OC(C)(C)C)Oc1ccc([N+](=O)[O-])cc1. The van der Waals surface area contributed by atoms with Crippen molar-refractivity contribution in [2.75, 3.05) is 26.2 Å². The van der Waals surface area contributed by atoms with Crippen molar-refractivity contribution >= 4 is 25.4 Å². The van der Waals surface area contributed by atoms with E-state index in [0.29, 0.717) is 25.8 Å². The van der Waals surface area contributed by atoms with Gasteiger partial charge >= 0.3 is 13.8 Å². The van der Waals surface area contributed by atoms with Crippen LogP contribution in [0.2, 0.25) is 0 Å². The Morgan fingerprint density at radius 3 is 2.27 bits per heavy atom. The molecular formula is C20H33N4O8P. The number of unbranched alkanes of at least 4 members (excludes halogenated alkanes) is 2. The molecule has 0 saturated carbocycles. The smallest absolute Gasteiger partial charge is 0.444 e. The quantitative estimate of drug-likeness (QED) is 0.154. The van der Waals surface area contributed by atoms with Crippen molar-refractivity contribution in [3.63, 3.8) is 0 Å². The van der Waals surface area contributed by atoms with Crippen molar-refractivity contribution in [2.45, 2.75) is 52.6 Å². The van der Waals surface area contributed by atoms with Crippen molar-refractivity contribution in [1.29, 1.82) is 0 Å². The molecule has 12 nitrogen and oxygen atoms in total. The van der Waals surface area contributed by atoms with Crippen molar-refractivity contribution in [3.8, 4) is 5.75 Å². The number of rotatable bonds is 14. The summed E-state index contributed by atoms with van der Waals surface area (Å²) >= 11 is 0. The Bertz CT molecular complexity index is 826. The summed E-state index contributed by atoms with van der Waals surface area (Å²) in [6.07, 6.45) is 1.44. The van der Waals surface area contributed by atoms with Crippen LogP contribution in [0.1, 0.15) is 47.0 Å². The first-order valence-electron chi connectivity index (χ1n) is 10.6. The van der Waals surface area contributed by atoms with E-state index in [-0.39, 0.29) is 37.0 Å². The van der Waals surface area contributed by atoms with Crippen molar-refractivity contribution in [1.82, 2.24) is 15.7 Å². The average molecular weight is 488 g/mol. The van der Waals surface area contributed by atoms with E-state index < -0.39 is 24.4 Å². The third kappa shape index (κ3) is 13.5. The van der Waals surface area contributed by atoms with Gasteiger partial charge in [0, 0.05) is 38.7 Å². The van der Waals surface area contributed by atoms with E-state index in [2.05, 4.69) is 15.7 Å². The molecule has 13 heteroatoms. The van der Waals surface area contributed by atoms with E-state index in [1.54, 1.807) is 20.8 Å². The molecule has 3 N–H and O–H groups in total. The van der Waals surface area contributed by atoms with Gasteiger partial charge in [-0.15, -0.1) is 0 Å². The highest BCUT2D eigenvalue weighted by atomic mass is 31.2. The number of nitrogens with zero attached hydrogens (tertiary/aromatic N) is 1. The number of carbonyl (C=O) groups is 2. The third-order valence-corrected chi connectivity index (χ3v) is 5.41. The topological polar surface area (TPSA) is 158 Å². The fourth-order valence-electron chi connectivity index (χ4n) is 2.40. The van der Waals surface area contributed by atoms with E-state index in [4.69, 9.17) is 13.8 Å². The van der Waals surface area contributed by atoms with Crippen molar-refractivity contribution in [2.24, 2.45) is 0 Å². The summed E-state index contributed by atoms with van der Waals surface area (Å²) in [7, 11) is -3.80. The lowest BCUT2D eigenvalue weighted by Crippen LogP contribution is -2.33. The van der Waals surface area contributed by atoms with Gasteiger partial charge in [-0.25, -0.2) is 14.4 Å². The maximum atomic E-state index is 13.1. The van der Waals surface area contributed by atoms with E-state index in [1.807, 2.05) is 0 Å². The molecule has 0 aliphatic rings. The average Bonchev–Trinajstić information content (AvgIpc) is 2.69. The predicted molar refractivity (Wildman–Crippen MR) is 122 cm³/mol. The highest BCUT2D eigenvalue weighted by molar-refractivity contribution is 7.52. The van der Waals surface area contributed by atoms with Gasteiger partial charge in [0.25, 0.3) is 5.69 Å². The third-order valence-electron chi connectivity index (χ3n) is 3.83. The predicted octanol–water partition coefficient (Wildman–Crippen LogP) is 3.52. The van der Waals surface area contributed by atoms with Gasteiger partial charge in [-0.2, -0.15) is 0 Å². The molecule has 33 heavy (non-hydrogen) atoms. The van der Waals surface area contributed by atoms with Crippen LogP contribution in [0.15, 0.2) is 24.3 Å². The maximum Gasteiger partial charge on any atom is 0.458 e. The first-order valence-corrected chi connectivity index (χ1v) is 12.1. The lowest BCUT2D eigenvalue weighted by Gasteiger charge is -2.20. The standard InChI is InChI=1S/C20H33N4O8P/c1-16(25)21-13-14-23-33(29,32-18-10-8-17(9-11-18)24(27)28)30-15-7-5-6-12-22-19(26)31-20(2,3)4/h8-11H,5-7,12-15H2,1-4H3,(H,21,25)(H,22,26)(H,23,29). The lowest BCUT2D eigenvalue weighted by atomic mass is 10.2. The first kappa shape index (κ1) is 28.3. The molecule has 186 valence electrons. The fourth-order valence-corrected chi connectivity index (χ4v) is 3.76.